The first-order valence-corrected chi connectivity index (χ1v) is 6.58. The molecule has 3 rings (SSSR count). The standard InChI is InChI=1S/C15H16N2O2/c1-10-13-4-2-3-5-14(13)16-17(10)12-8-6-11(7-9-12)15(18)19/h6-9H,2-5H2,1H3,(H,18,19). The summed E-state index contributed by atoms with van der Waals surface area (Å²) in [6, 6.07) is 6.87. The highest BCUT2D eigenvalue weighted by atomic mass is 16.4. The maximum Gasteiger partial charge on any atom is 0.335 e. The SMILES string of the molecule is Cc1c2c(nn1-c1ccc(C(=O)O)cc1)CCCC2. The molecule has 4 heteroatoms. The summed E-state index contributed by atoms with van der Waals surface area (Å²) in [6.07, 6.45) is 4.60. The van der Waals surface area contributed by atoms with E-state index in [9.17, 15) is 4.79 Å². The summed E-state index contributed by atoms with van der Waals surface area (Å²) in [6.45, 7) is 2.09. The number of carbonyl (C=O) groups is 1. The smallest absolute Gasteiger partial charge is 0.335 e. The van der Waals surface area contributed by atoms with Crippen LogP contribution in [0.5, 0.6) is 0 Å². The van der Waals surface area contributed by atoms with Gasteiger partial charge in [-0.25, -0.2) is 9.48 Å². The van der Waals surface area contributed by atoms with Gasteiger partial charge in [-0.1, -0.05) is 0 Å². The molecule has 1 aliphatic rings. The van der Waals surface area contributed by atoms with Crippen LogP contribution in [0, 0.1) is 6.92 Å². The monoisotopic (exact) mass is 256 g/mol. The molecule has 0 unspecified atom stereocenters. The zero-order valence-electron chi connectivity index (χ0n) is 10.9. The van der Waals surface area contributed by atoms with Crippen LogP contribution < -0.4 is 0 Å². The van der Waals surface area contributed by atoms with Crippen molar-refractivity contribution < 1.29 is 9.90 Å². The first-order chi connectivity index (χ1) is 9.16. The highest BCUT2D eigenvalue weighted by Gasteiger charge is 2.18. The molecule has 0 saturated carbocycles. The Labute approximate surface area is 111 Å². The first-order valence-electron chi connectivity index (χ1n) is 6.58. The molecule has 0 saturated heterocycles. The predicted molar refractivity (Wildman–Crippen MR) is 71.9 cm³/mol. The largest absolute Gasteiger partial charge is 0.478 e. The van der Waals surface area contributed by atoms with E-state index in [-0.39, 0.29) is 0 Å². The van der Waals surface area contributed by atoms with Gasteiger partial charge in [-0.15, -0.1) is 0 Å². The highest BCUT2D eigenvalue weighted by Crippen LogP contribution is 2.25. The van der Waals surface area contributed by atoms with Crippen molar-refractivity contribution in [3.63, 3.8) is 0 Å². The van der Waals surface area contributed by atoms with E-state index in [1.54, 1.807) is 12.1 Å². The fourth-order valence-corrected chi connectivity index (χ4v) is 2.71. The van der Waals surface area contributed by atoms with E-state index in [1.165, 1.54) is 29.8 Å². The summed E-state index contributed by atoms with van der Waals surface area (Å²) in [5.74, 6) is -0.900. The highest BCUT2D eigenvalue weighted by molar-refractivity contribution is 5.87. The van der Waals surface area contributed by atoms with Crippen molar-refractivity contribution in [2.75, 3.05) is 0 Å². The number of aromatic carboxylic acids is 1. The molecule has 1 N–H and O–H groups in total. The average molecular weight is 256 g/mol. The van der Waals surface area contributed by atoms with Crippen molar-refractivity contribution in [1.29, 1.82) is 0 Å². The fraction of sp³-hybridized carbons (Fsp3) is 0.333. The lowest BCUT2D eigenvalue weighted by molar-refractivity contribution is 0.0697. The van der Waals surface area contributed by atoms with Gasteiger partial charge in [-0.3, -0.25) is 0 Å². The normalized spacial score (nSPS) is 14.2. The van der Waals surface area contributed by atoms with Crippen LogP contribution in [0.15, 0.2) is 24.3 Å². The molecule has 4 nitrogen and oxygen atoms in total. The van der Waals surface area contributed by atoms with Crippen LogP contribution in [0.2, 0.25) is 0 Å². The molecule has 1 aliphatic carbocycles. The van der Waals surface area contributed by atoms with Crippen LogP contribution in [0.3, 0.4) is 0 Å². The Bertz CT molecular complexity index is 626. The Morgan fingerprint density at radius 2 is 1.89 bits per heavy atom. The number of benzene rings is 1. The molecule has 0 aliphatic heterocycles. The molecule has 0 radical (unpaired) electrons. The average Bonchev–Trinajstić information content (AvgIpc) is 2.77. The maximum atomic E-state index is 10.9. The summed E-state index contributed by atoms with van der Waals surface area (Å²) in [7, 11) is 0. The second-order valence-corrected chi connectivity index (χ2v) is 4.98. The van der Waals surface area contributed by atoms with Crippen LogP contribution in [-0.2, 0) is 12.8 Å². The number of aryl methyl sites for hydroxylation is 1. The minimum Gasteiger partial charge on any atom is -0.478 e. The lowest BCUT2D eigenvalue weighted by Crippen LogP contribution is -2.01. The topological polar surface area (TPSA) is 55.1 Å². The van der Waals surface area contributed by atoms with Gasteiger partial charge in [0, 0.05) is 5.69 Å². The maximum absolute atomic E-state index is 10.9. The Hall–Kier alpha value is -2.10. The summed E-state index contributed by atoms with van der Waals surface area (Å²) in [5, 5.41) is 13.6. The van der Waals surface area contributed by atoms with E-state index in [1.807, 2.05) is 16.8 Å². The third-order valence-corrected chi connectivity index (χ3v) is 3.77. The molecule has 0 amide bonds. The Morgan fingerprint density at radius 3 is 2.53 bits per heavy atom. The van der Waals surface area contributed by atoms with Crippen LogP contribution in [0.25, 0.3) is 5.69 Å². The molecule has 98 valence electrons. The Balaban J connectivity index is 2.02. The minimum absolute atomic E-state index is 0.304. The minimum atomic E-state index is -0.900. The van der Waals surface area contributed by atoms with Crippen LogP contribution in [0.1, 0.15) is 40.2 Å². The van der Waals surface area contributed by atoms with E-state index in [0.717, 1.165) is 18.5 Å². The van der Waals surface area contributed by atoms with Gasteiger partial charge in [-0.2, -0.15) is 5.10 Å². The summed E-state index contributed by atoms with van der Waals surface area (Å²) >= 11 is 0. The zero-order chi connectivity index (χ0) is 13.4. The van der Waals surface area contributed by atoms with Gasteiger partial charge < -0.3 is 5.11 Å². The number of nitrogens with zero attached hydrogens (tertiary/aromatic N) is 2. The molecule has 1 aromatic carbocycles. The first kappa shape index (κ1) is 12.0. The zero-order valence-corrected chi connectivity index (χ0v) is 10.9. The summed E-state index contributed by atoms with van der Waals surface area (Å²) < 4.78 is 1.93. The van der Waals surface area contributed by atoms with Crippen molar-refractivity contribution in [1.82, 2.24) is 9.78 Å². The molecule has 0 atom stereocenters. The Morgan fingerprint density at radius 1 is 1.21 bits per heavy atom. The van der Waals surface area contributed by atoms with Crippen molar-refractivity contribution in [3.8, 4) is 5.69 Å². The van der Waals surface area contributed by atoms with Crippen LogP contribution >= 0.6 is 0 Å². The lowest BCUT2D eigenvalue weighted by Gasteiger charge is -2.09. The third-order valence-electron chi connectivity index (χ3n) is 3.77. The van der Waals surface area contributed by atoms with Gasteiger partial charge in [-0.05, 0) is 62.4 Å². The van der Waals surface area contributed by atoms with E-state index in [2.05, 4.69) is 12.0 Å². The van der Waals surface area contributed by atoms with Gasteiger partial charge in [0.05, 0.1) is 16.9 Å². The number of rotatable bonds is 2. The second kappa shape index (κ2) is 4.53. The molecule has 0 spiro atoms. The van der Waals surface area contributed by atoms with Gasteiger partial charge in [0.15, 0.2) is 0 Å². The van der Waals surface area contributed by atoms with Gasteiger partial charge in [0.25, 0.3) is 0 Å². The molecule has 0 bridgehead atoms. The lowest BCUT2D eigenvalue weighted by atomic mass is 9.96. The molecular weight excluding hydrogens is 240 g/mol. The molecule has 0 fully saturated rings. The molecular formula is C15H16N2O2. The number of carboxylic acid groups (broad SMARTS) is 1. The molecule has 19 heavy (non-hydrogen) atoms. The summed E-state index contributed by atoms with van der Waals surface area (Å²) in [5.41, 5.74) is 4.98. The van der Waals surface area contributed by atoms with Crippen molar-refractivity contribution in [2.24, 2.45) is 0 Å². The second-order valence-electron chi connectivity index (χ2n) is 4.98. The van der Waals surface area contributed by atoms with E-state index >= 15 is 0 Å². The molecule has 1 heterocycles. The molecule has 1 aromatic heterocycles. The van der Waals surface area contributed by atoms with Gasteiger partial charge in [0.2, 0.25) is 0 Å². The quantitative estimate of drug-likeness (QED) is 0.898. The van der Waals surface area contributed by atoms with Crippen molar-refractivity contribution >= 4 is 5.97 Å². The van der Waals surface area contributed by atoms with E-state index in [4.69, 9.17) is 5.11 Å². The molecule has 2 aromatic rings. The summed E-state index contributed by atoms with van der Waals surface area (Å²) in [4.78, 5) is 10.9. The van der Waals surface area contributed by atoms with Crippen LogP contribution in [0.4, 0.5) is 0 Å². The van der Waals surface area contributed by atoms with Gasteiger partial charge in [0.1, 0.15) is 0 Å². The third kappa shape index (κ3) is 2.03. The number of aromatic nitrogens is 2. The van der Waals surface area contributed by atoms with E-state index < -0.39 is 5.97 Å². The number of hydrogen-bond donors (Lipinski definition) is 1. The van der Waals surface area contributed by atoms with E-state index in [0.29, 0.717) is 5.56 Å². The number of carboxylic acids is 1. The van der Waals surface area contributed by atoms with Crippen LogP contribution in [-0.4, -0.2) is 20.9 Å². The number of hydrogen-bond acceptors (Lipinski definition) is 2. The fourth-order valence-electron chi connectivity index (χ4n) is 2.71. The van der Waals surface area contributed by atoms with Crippen molar-refractivity contribution in [3.05, 3.63) is 46.8 Å². The Kier molecular flexibility index (Phi) is 2.85. The number of fused-ring (bicyclic) bond motifs is 1. The predicted octanol–water partition coefficient (Wildman–Crippen LogP) is 2.76. The van der Waals surface area contributed by atoms with Crippen molar-refractivity contribution in [2.45, 2.75) is 32.6 Å². The van der Waals surface area contributed by atoms with Gasteiger partial charge >= 0.3 is 5.97 Å².